The Bertz CT molecular complexity index is 549. The second-order valence-corrected chi connectivity index (χ2v) is 3.73. The lowest BCUT2D eigenvalue weighted by molar-refractivity contribution is 0.0996. The van der Waals surface area contributed by atoms with E-state index in [1.54, 1.807) is 37.4 Å². The summed E-state index contributed by atoms with van der Waals surface area (Å²) in [7, 11) is 1.55. The summed E-state index contributed by atoms with van der Waals surface area (Å²) < 4.78 is 15.6. The lowest BCUT2D eigenvalue weighted by atomic mass is 10.2. The van der Waals surface area contributed by atoms with E-state index >= 15 is 0 Å². The van der Waals surface area contributed by atoms with Crippen LogP contribution in [-0.4, -0.2) is 19.6 Å². The van der Waals surface area contributed by atoms with Crippen molar-refractivity contribution >= 4 is 11.6 Å². The number of carbonyl (C=O) groups excluding carboxylic acids is 1. The molecule has 0 aliphatic carbocycles. The van der Waals surface area contributed by atoms with E-state index in [4.69, 9.17) is 13.9 Å². The zero-order chi connectivity index (χ0) is 13.7. The molecule has 0 saturated carbocycles. The topological polar surface area (TPSA) is 60.7 Å². The molecule has 0 unspecified atom stereocenters. The van der Waals surface area contributed by atoms with Crippen LogP contribution >= 0.6 is 0 Å². The van der Waals surface area contributed by atoms with Crippen LogP contribution in [0.3, 0.4) is 0 Å². The van der Waals surface area contributed by atoms with E-state index in [0.717, 1.165) is 0 Å². The predicted molar refractivity (Wildman–Crippen MR) is 70.8 cm³/mol. The third-order valence-corrected chi connectivity index (χ3v) is 2.47. The minimum absolute atomic E-state index is 0.257. The first-order chi connectivity index (χ1) is 9.24. The molecule has 100 valence electrons. The van der Waals surface area contributed by atoms with Gasteiger partial charge in [-0.25, -0.2) is 0 Å². The fraction of sp³-hybridized carbons (Fsp3) is 0.214. The summed E-state index contributed by atoms with van der Waals surface area (Å²) in [5.41, 5.74) is 0.613. The van der Waals surface area contributed by atoms with E-state index in [1.165, 1.54) is 6.26 Å². The Morgan fingerprint density at radius 1 is 1.32 bits per heavy atom. The molecule has 5 nitrogen and oxygen atoms in total. The molecule has 19 heavy (non-hydrogen) atoms. The van der Waals surface area contributed by atoms with Gasteiger partial charge in [-0.2, -0.15) is 0 Å². The fourth-order valence-corrected chi connectivity index (χ4v) is 1.62. The standard InChI is InChI=1S/C14H15NO4/c1-3-18-11-7-6-10(9-13(11)17-2)15-14(16)12-5-4-8-19-12/h4-9H,3H2,1-2H3,(H,15,16). The van der Waals surface area contributed by atoms with Gasteiger partial charge in [-0.05, 0) is 31.2 Å². The summed E-state index contributed by atoms with van der Waals surface area (Å²) in [6.07, 6.45) is 1.45. The Balaban J connectivity index is 2.15. The summed E-state index contributed by atoms with van der Waals surface area (Å²) in [4.78, 5) is 11.8. The van der Waals surface area contributed by atoms with Crippen LogP contribution in [0.4, 0.5) is 5.69 Å². The minimum Gasteiger partial charge on any atom is -0.493 e. The molecule has 1 amide bonds. The fourth-order valence-electron chi connectivity index (χ4n) is 1.62. The van der Waals surface area contributed by atoms with Crippen molar-refractivity contribution in [1.82, 2.24) is 0 Å². The lowest BCUT2D eigenvalue weighted by Crippen LogP contribution is -2.10. The quantitative estimate of drug-likeness (QED) is 0.898. The smallest absolute Gasteiger partial charge is 0.291 e. The van der Waals surface area contributed by atoms with Gasteiger partial charge >= 0.3 is 0 Å². The number of ether oxygens (including phenoxy) is 2. The predicted octanol–water partition coefficient (Wildman–Crippen LogP) is 2.94. The van der Waals surface area contributed by atoms with Crippen LogP contribution in [0.2, 0.25) is 0 Å². The maximum atomic E-state index is 11.8. The van der Waals surface area contributed by atoms with E-state index in [0.29, 0.717) is 23.8 Å². The van der Waals surface area contributed by atoms with Crippen molar-refractivity contribution in [3.8, 4) is 11.5 Å². The number of rotatable bonds is 5. The van der Waals surface area contributed by atoms with Crippen LogP contribution in [0, 0.1) is 0 Å². The van der Waals surface area contributed by atoms with Crippen LogP contribution in [0.1, 0.15) is 17.5 Å². The highest BCUT2D eigenvalue weighted by Gasteiger charge is 2.11. The monoisotopic (exact) mass is 261 g/mol. The summed E-state index contributed by atoms with van der Waals surface area (Å²) >= 11 is 0. The molecular formula is C14H15NO4. The first kappa shape index (κ1) is 13.0. The third-order valence-electron chi connectivity index (χ3n) is 2.47. The molecular weight excluding hydrogens is 246 g/mol. The van der Waals surface area contributed by atoms with E-state index in [-0.39, 0.29) is 11.7 Å². The molecule has 0 aliphatic rings. The number of nitrogens with one attached hydrogen (secondary N) is 1. The van der Waals surface area contributed by atoms with Crippen molar-refractivity contribution < 1.29 is 18.7 Å². The molecule has 2 aromatic rings. The van der Waals surface area contributed by atoms with Crippen LogP contribution in [0.5, 0.6) is 11.5 Å². The van der Waals surface area contributed by atoms with Crippen LogP contribution in [0.15, 0.2) is 41.0 Å². The minimum atomic E-state index is -0.309. The van der Waals surface area contributed by atoms with Crippen LogP contribution in [0.25, 0.3) is 0 Å². The SMILES string of the molecule is CCOc1ccc(NC(=O)c2ccco2)cc1OC. The van der Waals surface area contributed by atoms with Gasteiger partial charge < -0.3 is 19.2 Å². The van der Waals surface area contributed by atoms with Gasteiger partial charge in [-0.1, -0.05) is 0 Å². The molecule has 1 heterocycles. The summed E-state index contributed by atoms with van der Waals surface area (Å²) in [6, 6.07) is 8.45. The average Bonchev–Trinajstić information content (AvgIpc) is 2.94. The maximum absolute atomic E-state index is 11.8. The van der Waals surface area contributed by atoms with Crippen molar-refractivity contribution in [2.45, 2.75) is 6.92 Å². The van der Waals surface area contributed by atoms with Gasteiger partial charge in [-0.15, -0.1) is 0 Å². The normalized spacial score (nSPS) is 10.0. The molecule has 0 bridgehead atoms. The van der Waals surface area contributed by atoms with E-state index < -0.39 is 0 Å². The van der Waals surface area contributed by atoms with Gasteiger partial charge in [0, 0.05) is 11.8 Å². The Morgan fingerprint density at radius 3 is 2.79 bits per heavy atom. The average molecular weight is 261 g/mol. The Kier molecular flexibility index (Phi) is 4.07. The molecule has 0 aliphatic heterocycles. The Morgan fingerprint density at radius 2 is 2.16 bits per heavy atom. The number of carbonyl (C=O) groups is 1. The molecule has 0 saturated heterocycles. The van der Waals surface area contributed by atoms with Crippen LogP contribution < -0.4 is 14.8 Å². The lowest BCUT2D eigenvalue weighted by Gasteiger charge is -2.11. The highest BCUT2D eigenvalue weighted by atomic mass is 16.5. The summed E-state index contributed by atoms with van der Waals surface area (Å²) in [5, 5.41) is 2.72. The molecule has 2 rings (SSSR count). The van der Waals surface area contributed by atoms with Gasteiger partial charge in [0.05, 0.1) is 20.0 Å². The largest absolute Gasteiger partial charge is 0.493 e. The van der Waals surface area contributed by atoms with Gasteiger partial charge in [0.1, 0.15) is 0 Å². The van der Waals surface area contributed by atoms with Crippen LogP contribution in [-0.2, 0) is 0 Å². The van der Waals surface area contributed by atoms with Gasteiger partial charge in [0.2, 0.25) is 0 Å². The maximum Gasteiger partial charge on any atom is 0.291 e. The van der Waals surface area contributed by atoms with Gasteiger partial charge in [0.25, 0.3) is 5.91 Å². The molecule has 1 aromatic heterocycles. The van der Waals surface area contributed by atoms with Crippen molar-refractivity contribution in [1.29, 1.82) is 0 Å². The van der Waals surface area contributed by atoms with Crippen molar-refractivity contribution in [2.24, 2.45) is 0 Å². The summed E-state index contributed by atoms with van der Waals surface area (Å²) in [6.45, 7) is 2.44. The van der Waals surface area contributed by atoms with E-state index in [1.807, 2.05) is 6.92 Å². The second-order valence-electron chi connectivity index (χ2n) is 3.73. The molecule has 5 heteroatoms. The molecule has 0 radical (unpaired) electrons. The molecule has 1 aromatic carbocycles. The van der Waals surface area contributed by atoms with Crippen molar-refractivity contribution in [2.75, 3.05) is 19.0 Å². The Labute approximate surface area is 111 Å². The van der Waals surface area contributed by atoms with Gasteiger partial charge in [0.15, 0.2) is 17.3 Å². The Hall–Kier alpha value is -2.43. The third kappa shape index (κ3) is 3.07. The van der Waals surface area contributed by atoms with Crippen molar-refractivity contribution in [3.05, 3.63) is 42.4 Å². The zero-order valence-electron chi connectivity index (χ0n) is 10.8. The number of benzene rings is 1. The first-order valence-corrected chi connectivity index (χ1v) is 5.90. The summed E-state index contributed by atoms with van der Waals surface area (Å²) in [5.74, 6) is 1.16. The molecule has 1 N–H and O–H groups in total. The number of methoxy groups -OCH3 is 1. The number of amides is 1. The number of furan rings is 1. The highest BCUT2D eigenvalue weighted by Crippen LogP contribution is 2.30. The number of anilines is 1. The molecule has 0 atom stereocenters. The number of hydrogen-bond donors (Lipinski definition) is 1. The van der Waals surface area contributed by atoms with E-state index in [2.05, 4.69) is 5.32 Å². The number of hydrogen-bond acceptors (Lipinski definition) is 4. The molecule has 0 spiro atoms. The second kappa shape index (κ2) is 5.95. The zero-order valence-corrected chi connectivity index (χ0v) is 10.8. The van der Waals surface area contributed by atoms with Gasteiger partial charge in [-0.3, -0.25) is 4.79 Å². The van der Waals surface area contributed by atoms with Crippen molar-refractivity contribution in [3.63, 3.8) is 0 Å². The highest BCUT2D eigenvalue weighted by molar-refractivity contribution is 6.02. The molecule has 0 fully saturated rings. The first-order valence-electron chi connectivity index (χ1n) is 5.90. The van der Waals surface area contributed by atoms with E-state index in [9.17, 15) is 4.79 Å².